The van der Waals surface area contributed by atoms with Crippen LogP contribution in [0.2, 0.25) is 0 Å². The third kappa shape index (κ3) is 5.35. The lowest BCUT2D eigenvalue weighted by molar-refractivity contribution is -0.135. The molecule has 1 fully saturated rings. The molecule has 1 aliphatic heterocycles. The van der Waals surface area contributed by atoms with Crippen LogP contribution in [-0.4, -0.2) is 48.2 Å². The minimum absolute atomic E-state index is 0.0722. The Balaban J connectivity index is 1.12. The zero-order chi connectivity index (χ0) is 29.4. The number of rotatable bonds is 8. The van der Waals surface area contributed by atoms with Gasteiger partial charge in [0.1, 0.15) is 11.2 Å². The molecule has 4 heterocycles. The molecule has 1 saturated heterocycles. The molecule has 42 heavy (non-hydrogen) atoms. The molecular weight excluding hydrogens is 639 g/mol. The molecule has 0 radical (unpaired) electrons. The van der Waals surface area contributed by atoms with Crippen LogP contribution in [0, 0.1) is 12.8 Å². The number of carbonyl (C=O) groups is 1. The van der Waals surface area contributed by atoms with E-state index in [1.165, 1.54) is 5.56 Å². The molecule has 0 bridgehead atoms. The van der Waals surface area contributed by atoms with Gasteiger partial charge in [0.2, 0.25) is 5.91 Å². The summed E-state index contributed by atoms with van der Waals surface area (Å²) >= 11 is 2.47. The Kier molecular flexibility index (Phi) is 8.11. The van der Waals surface area contributed by atoms with Crippen LogP contribution in [0.15, 0.2) is 71.4 Å². The molecule has 2 aromatic carbocycles. The Labute approximate surface area is 260 Å². The molecule has 1 amide bonds. The van der Waals surface area contributed by atoms with Crippen molar-refractivity contribution >= 4 is 50.4 Å². The number of amides is 1. The monoisotopic (exact) mass is 676 g/mol. The van der Waals surface area contributed by atoms with E-state index in [4.69, 9.17) is 9.40 Å². The molecule has 0 aliphatic carbocycles. The van der Waals surface area contributed by atoms with Gasteiger partial charge in [-0.05, 0) is 67.0 Å². The van der Waals surface area contributed by atoms with Crippen molar-refractivity contribution in [2.45, 2.75) is 58.0 Å². The van der Waals surface area contributed by atoms with E-state index < -0.39 is 5.60 Å². The number of carbonyl (C=O) groups excluding carboxylic acids is 1. The molecule has 2 unspecified atom stereocenters. The van der Waals surface area contributed by atoms with Gasteiger partial charge in [0.25, 0.3) is 0 Å². The van der Waals surface area contributed by atoms with Crippen LogP contribution < -0.4 is 0 Å². The van der Waals surface area contributed by atoms with E-state index in [1.807, 2.05) is 65.2 Å². The number of nitrogens with zero attached hydrogens (tertiary/aromatic N) is 4. The smallest absolute Gasteiger partial charge is 0.226 e. The predicted molar refractivity (Wildman–Crippen MR) is 174 cm³/mol. The Hall–Kier alpha value is -3.24. The molecule has 5 aromatic rings. The van der Waals surface area contributed by atoms with Crippen molar-refractivity contribution in [3.05, 3.63) is 89.4 Å². The van der Waals surface area contributed by atoms with Gasteiger partial charge in [-0.15, -0.1) is 0 Å². The SMILES string of the molecule is CCC(CI)C(C)c1ccc(-n2ncc(C3(O)CCN(C(=O)Cc4ccc5oc6ccccc6c5c4)CC3)c2C)nc1. The lowest BCUT2D eigenvalue weighted by Crippen LogP contribution is -2.45. The summed E-state index contributed by atoms with van der Waals surface area (Å²) in [7, 11) is 0. The number of furan rings is 1. The second-order valence-electron chi connectivity index (χ2n) is 11.6. The maximum Gasteiger partial charge on any atom is 0.226 e. The highest BCUT2D eigenvalue weighted by Gasteiger charge is 2.38. The fourth-order valence-electron chi connectivity index (χ4n) is 6.32. The lowest BCUT2D eigenvalue weighted by atomic mass is 9.84. The van der Waals surface area contributed by atoms with Crippen LogP contribution in [0.25, 0.3) is 27.8 Å². The number of hydrogen-bond donors (Lipinski definition) is 1. The van der Waals surface area contributed by atoms with Crippen molar-refractivity contribution in [2.75, 3.05) is 17.5 Å². The summed E-state index contributed by atoms with van der Waals surface area (Å²) in [6, 6.07) is 18.1. The third-order valence-electron chi connectivity index (χ3n) is 9.19. The summed E-state index contributed by atoms with van der Waals surface area (Å²) in [4.78, 5) is 19.9. The number of pyridine rings is 1. The maximum atomic E-state index is 13.3. The minimum Gasteiger partial charge on any atom is -0.456 e. The van der Waals surface area contributed by atoms with Crippen LogP contribution in [0.3, 0.4) is 0 Å². The molecule has 7 nitrogen and oxygen atoms in total. The van der Waals surface area contributed by atoms with Crippen LogP contribution in [0.4, 0.5) is 0 Å². The number of aliphatic hydroxyl groups is 1. The van der Waals surface area contributed by atoms with Crippen molar-refractivity contribution in [1.29, 1.82) is 0 Å². The number of halogens is 1. The lowest BCUT2D eigenvalue weighted by Gasteiger charge is -2.38. The molecule has 8 heteroatoms. The number of fused-ring (bicyclic) bond motifs is 3. The Morgan fingerprint density at radius 2 is 1.83 bits per heavy atom. The minimum atomic E-state index is -1.03. The molecule has 6 rings (SSSR count). The van der Waals surface area contributed by atoms with Gasteiger partial charge in [0.15, 0.2) is 5.82 Å². The fraction of sp³-hybridized carbons (Fsp3) is 0.382. The molecule has 0 spiro atoms. The molecule has 3 aromatic heterocycles. The standard InChI is InChI=1S/C34H37IN4O3/c1-4-25(19-35)22(2)26-10-12-32(36-20-26)39-23(3)29(21-37-39)34(41)13-15-38(16-14-34)33(40)18-24-9-11-31-28(17-24)27-7-5-6-8-30(27)42-31/h5-12,17,20-22,25,41H,4,13-16,18-19H2,1-3H3. The first-order valence-electron chi connectivity index (χ1n) is 14.8. The highest BCUT2D eigenvalue weighted by Crippen LogP contribution is 2.36. The van der Waals surface area contributed by atoms with E-state index in [-0.39, 0.29) is 5.91 Å². The van der Waals surface area contributed by atoms with Crippen LogP contribution in [0.1, 0.15) is 61.4 Å². The van der Waals surface area contributed by atoms with Crippen LogP contribution in [-0.2, 0) is 16.8 Å². The normalized spacial score (nSPS) is 16.6. The predicted octanol–water partition coefficient (Wildman–Crippen LogP) is 7.09. The second kappa shape index (κ2) is 11.8. The molecule has 1 aliphatic rings. The highest BCUT2D eigenvalue weighted by atomic mass is 127. The second-order valence-corrected chi connectivity index (χ2v) is 12.5. The van der Waals surface area contributed by atoms with E-state index in [0.717, 1.165) is 55.4 Å². The zero-order valence-corrected chi connectivity index (χ0v) is 26.5. The zero-order valence-electron chi connectivity index (χ0n) is 24.4. The number of benzene rings is 2. The van der Waals surface area contributed by atoms with Gasteiger partial charge in [-0.1, -0.05) is 73.2 Å². The number of hydrogen-bond acceptors (Lipinski definition) is 5. The van der Waals surface area contributed by atoms with Gasteiger partial charge in [-0.25, -0.2) is 9.67 Å². The fourth-order valence-corrected chi connectivity index (χ4v) is 7.71. The van der Waals surface area contributed by atoms with E-state index >= 15 is 0 Å². The van der Waals surface area contributed by atoms with E-state index in [0.29, 0.717) is 44.2 Å². The van der Waals surface area contributed by atoms with Gasteiger partial charge in [0.05, 0.1) is 18.2 Å². The summed E-state index contributed by atoms with van der Waals surface area (Å²) in [6.45, 7) is 7.49. The maximum absolute atomic E-state index is 13.3. The van der Waals surface area contributed by atoms with E-state index in [2.05, 4.69) is 53.7 Å². The molecule has 218 valence electrons. The summed E-state index contributed by atoms with van der Waals surface area (Å²) in [5.41, 5.74) is 4.53. The van der Waals surface area contributed by atoms with Gasteiger partial charge in [-0.2, -0.15) is 5.10 Å². The van der Waals surface area contributed by atoms with E-state index in [1.54, 1.807) is 6.20 Å². The largest absolute Gasteiger partial charge is 0.456 e. The molecular formula is C34H37IN4O3. The number of likely N-dealkylation sites (tertiary alicyclic amines) is 1. The van der Waals surface area contributed by atoms with Crippen molar-refractivity contribution in [1.82, 2.24) is 19.7 Å². The summed E-state index contributed by atoms with van der Waals surface area (Å²) in [5.74, 6) is 1.90. The van der Waals surface area contributed by atoms with Crippen LogP contribution in [0.5, 0.6) is 0 Å². The third-order valence-corrected chi connectivity index (χ3v) is 10.3. The first kappa shape index (κ1) is 28.9. The van der Waals surface area contributed by atoms with Gasteiger partial charge < -0.3 is 14.4 Å². The van der Waals surface area contributed by atoms with Crippen molar-refractivity contribution in [3.8, 4) is 5.82 Å². The summed E-state index contributed by atoms with van der Waals surface area (Å²) in [6.07, 6.45) is 6.13. The van der Waals surface area contributed by atoms with Crippen molar-refractivity contribution in [2.24, 2.45) is 5.92 Å². The number of piperidine rings is 1. The quantitative estimate of drug-likeness (QED) is 0.140. The van der Waals surface area contributed by atoms with E-state index in [9.17, 15) is 9.90 Å². The van der Waals surface area contributed by atoms with Gasteiger partial charge in [0, 0.05) is 45.7 Å². The van der Waals surface area contributed by atoms with Crippen LogP contribution >= 0.6 is 22.6 Å². The molecule has 0 saturated carbocycles. The summed E-state index contributed by atoms with van der Waals surface area (Å²) in [5, 5.41) is 18.4. The summed E-state index contributed by atoms with van der Waals surface area (Å²) < 4.78 is 8.86. The average molecular weight is 677 g/mol. The van der Waals surface area contributed by atoms with Gasteiger partial charge >= 0.3 is 0 Å². The first-order chi connectivity index (χ1) is 20.3. The first-order valence-corrected chi connectivity index (χ1v) is 16.3. The molecule has 2 atom stereocenters. The van der Waals surface area contributed by atoms with Gasteiger partial charge in [-0.3, -0.25) is 4.79 Å². The average Bonchev–Trinajstić information content (AvgIpc) is 3.58. The van der Waals surface area contributed by atoms with Crippen molar-refractivity contribution in [3.63, 3.8) is 0 Å². The Bertz CT molecular complexity index is 1710. The Morgan fingerprint density at radius 1 is 1.07 bits per heavy atom. The van der Waals surface area contributed by atoms with Crippen molar-refractivity contribution < 1.29 is 14.3 Å². The highest BCUT2D eigenvalue weighted by molar-refractivity contribution is 14.1. The molecule has 1 N–H and O–H groups in total. The topological polar surface area (TPSA) is 84.4 Å². The number of aromatic nitrogens is 3. The number of para-hydroxylation sites is 1. The Morgan fingerprint density at radius 3 is 2.55 bits per heavy atom. The number of alkyl halides is 1.